The maximum atomic E-state index is 12.3. The standard InChI is InChI=1S/C15H19ClN4O2/c1-10-9-22-7-6-20(10)15(21)17-8-13-18-12-5-3-4-11(16)14(12)19(13)2/h3-5,10H,6-9H2,1-2H3,(H,17,21)/t10-/m0/s1. The number of rotatable bonds is 2. The van der Waals surface area contributed by atoms with Crippen LogP contribution in [0, 0.1) is 0 Å². The Morgan fingerprint density at radius 1 is 1.55 bits per heavy atom. The normalized spacial score (nSPS) is 18.7. The first-order valence-electron chi connectivity index (χ1n) is 7.30. The third-order valence-corrected chi connectivity index (χ3v) is 4.27. The van der Waals surface area contributed by atoms with Crippen molar-refractivity contribution in [3.05, 3.63) is 29.0 Å². The van der Waals surface area contributed by atoms with Crippen LogP contribution in [-0.4, -0.2) is 46.3 Å². The minimum Gasteiger partial charge on any atom is -0.377 e. The maximum absolute atomic E-state index is 12.3. The average Bonchev–Trinajstić information content (AvgIpc) is 2.83. The molecule has 6 nitrogen and oxygen atoms in total. The first kappa shape index (κ1) is 15.1. The minimum absolute atomic E-state index is 0.0867. The number of imidazole rings is 1. The van der Waals surface area contributed by atoms with Gasteiger partial charge in [0.05, 0.1) is 41.9 Å². The molecule has 0 spiro atoms. The summed E-state index contributed by atoms with van der Waals surface area (Å²) in [6, 6.07) is 5.62. The third-order valence-electron chi connectivity index (χ3n) is 3.96. The van der Waals surface area contributed by atoms with Gasteiger partial charge in [0.2, 0.25) is 0 Å². The van der Waals surface area contributed by atoms with E-state index in [9.17, 15) is 4.79 Å². The molecule has 1 atom stereocenters. The molecule has 2 aromatic rings. The summed E-state index contributed by atoms with van der Waals surface area (Å²) in [5, 5.41) is 3.58. The summed E-state index contributed by atoms with van der Waals surface area (Å²) in [7, 11) is 1.90. The SMILES string of the molecule is C[C@H]1COCCN1C(=O)NCc1nc2cccc(Cl)c2n1C. The molecular weight excluding hydrogens is 304 g/mol. The van der Waals surface area contributed by atoms with Gasteiger partial charge in [-0.15, -0.1) is 0 Å². The molecule has 22 heavy (non-hydrogen) atoms. The highest BCUT2D eigenvalue weighted by molar-refractivity contribution is 6.35. The predicted octanol–water partition coefficient (Wildman–Crippen LogP) is 2.16. The van der Waals surface area contributed by atoms with Crippen molar-refractivity contribution in [3.8, 4) is 0 Å². The van der Waals surface area contributed by atoms with E-state index in [1.807, 2.05) is 36.7 Å². The number of aryl methyl sites for hydroxylation is 1. The summed E-state index contributed by atoms with van der Waals surface area (Å²) in [6.07, 6.45) is 0. The lowest BCUT2D eigenvalue weighted by molar-refractivity contribution is 0.0189. The number of aromatic nitrogens is 2. The fourth-order valence-corrected chi connectivity index (χ4v) is 3.01. The fourth-order valence-electron chi connectivity index (χ4n) is 2.71. The van der Waals surface area contributed by atoms with Gasteiger partial charge in [0, 0.05) is 13.6 Å². The quantitative estimate of drug-likeness (QED) is 0.921. The van der Waals surface area contributed by atoms with Crippen LogP contribution in [0.2, 0.25) is 5.02 Å². The van der Waals surface area contributed by atoms with E-state index in [0.717, 1.165) is 16.9 Å². The number of para-hydroxylation sites is 1. The third kappa shape index (κ3) is 2.76. The Labute approximate surface area is 134 Å². The lowest BCUT2D eigenvalue weighted by atomic mass is 10.3. The van der Waals surface area contributed by atoms with E-state index >= 15 is 0 Å². The first-order valence-corrected chi connectivity index (χ1v) is 7.67. The topological polar surface area (TPSA) is 59.4 Å². The number of hydrogen-bond donors (Lipinski definition) is 1. The molecule has 1 N–H and O–H groups in total. The van der Waals surface area contributed by atoms with Gasteiger partial charge < -0.3 is 19.5 Å². The zero-order chi connectivity index (χ0) is 15.7. The number of carbonyl (C=O) groups excluding carboxylic acids is 1. The smallest absolute Gasteiger partial charge is 0.318 e. The number of nitrogens with one attached hydrogen (secondary N) is 1. The summed E-state index contributed by atoms with van der Waals surface area (Å²) >= 11 is 6.21. The molecule has 1 aliphatic rings. The highest BCUT2D eigenvalue weighted by Crippen LogP contribution is 2.23. The molecule has 0 radical (unpaired) electrons. The van der Waals surface area contributed by atoms with Crippen molar-refractivity contribution < 1.29 is 9.53 Å². The Bertz CT molecular complexity index is 700. The van der Waals surface area contributed by atoms with E-state index < -0.39 is 0 Å². The number of fused-ring (bicyclic) bond motifs is 1. The number of morpholine rings is 1. The van der Waals surface area contributed by atoms with E-state index in [2.05, 4.69) is 10.3 Å². The molecule has 1 fully saturated rings. The second kappa shape index (κ2) is 6.14. The summed E-state index contributed by atoms with van der Waals surface area (Å²) in [4.78, 5) is 18.6. The summed E-state index contributed by atoms with van der Waals surface area (Å²) < 4.78 is 7.26. The van der Waals surface area contributed by atoms with Crippen LogP contribution in [0.15, 0.2) is 18.2 Å². The van der Waals surface area contributed by atoms with E-state index in [4.69, 9.17) is 16.3 Å². The lowest BCUT2D eigenvalue weighted by Gasteiger charge is -2.33. The molecule has 2 amide bonds. The van der Waals surface area contributed by atoms with Gasteiger partial charge in [0.15, 0.2) is 0 Å². The van der Waals surface area contributed by atoms with Crippen LogP contribution < -0.4 is 5.32 Å². The minimum atomic E-state index is -0.0889. The number of urea groups is 1. The van der Waals surface area contributed by atoms with Crippen molar-refractivity contribution in [3.63, 3.8) is 0 Å². The number of ether oxygens (including phenoxy) is 1. The number of carbonyl (C=O) groups is 1. The van der Waals surface area contributed by atoms with Gasteiger partial charge in [-0.1, -0.05) is 17.7 Å². The highest BCUT2D eigenvalue weighted by atomic mass is 35.5. The second-order valence-corrected chi connectivity index (χ2v) is 5.88. The van der Waals surface area contributed by atoms with Crippen molar-refractivity contribution in [1.29, 1.82) is 0 Å². The molecule has 118 valence electrons. The van der Waals surface area contributed by atoms with Crippen molar-refractivity contribution >= 4 is 28.7 Å². The maximum Gasteiger partial charge on any atom is 0.318 e. The molecule has 1 aromatic carbocycles. The van der Waals surface area contributed by atoms with Crippen LogP contribution >= 0.6 is 11.6 Å². The van der Waals surface area contributed by atoms with E-state index in [0.29, 0.717) is 31.3 Å². The van der Waals surface area contributed by atoms with E-state index in [1.165, 1.54) is 0 Å². The zero-order valence-electron chi connectivity index (χ0n) is 12.7. The molecule has 1 saturated heterocycles. The van der Waals surface area contributed by atoms with Crippen molar-refractivity contribution in [2.24, 2.45) is 7.05 Å². The molecule has 0 unspecified atom stereocenters. The number of amides is 2. The van der Waals surface area contributed by atoms with Crippen LogP contribution in [0.4, 0.5) is 4.79 Å². The Balaban J connectivity index is 1.72. The van der Waals surface area contributed by atoms with Crippen molar-refractivity contribution in [2.45, 2.75) is 19.5 Å². The van der Waals surface area contributed by atoms with Gasteiger partial charge in [-0.2, -0.15) is 0 Å². The van der Waals surface area contributed by atoms with Gasteiger partial charge in [-0.3, -0.25) is 0 Å². The van der Waals surface area contributed by atoms with E-state index in [-0.39, 0.29) is 12.1 Å². The van der Waals surface area contributed by atoms with Gasteiger partial charge in [0.1, 0.15) is 5.82 Å². The highest BCUT2D eigenvalue weighted by Gasteiger charge is 2.23. The molecule has 0 bridgehead atoms. The van der Waals surface area contributed by atoms with Crippen LogP contribution in [0.5, 0.6) is 0 Å². The van der Waals surface area contributed by atoms with Gasteiger partial charge in [-0.25, -0.2) is 9.78 Å². The molecule has 1 aliphatic heterocycles. The second-order valence-electron chi connectivity index (χ2n) is 5.47. The van der Waals surface area contributed by atoms with Gasteiger partial charge in [0.25, 0.3) is 0 Å². The van der Waals surface area contributed by atoms with Crippen LogP contribution in [0.3, 0.4) is 0 Å². The largest absolute Gasteiger partial charge is 0.377 e. The van der Waals surface area contributed by atoms with Crippen LogP contribution in [0.25, 0.3) is 11.0 Å². The number of hydrogen-bond acceptors (Lipinski definition) is 3. The zero-order valence-corrected chi connectivity index (χ0v) is 13.4. The van der Waals surface area contributed by atoms with Crippen LogP contribution in [0.1, 0.15) is 12.7 Å². The Kier molecular flexibility index (Phi) is 4.22. The van der Waals surface area contributed by atoms with Crippen LogP contribution in [-0.2, 0) is 18.3 Å². The monoisotopic (exact) mass is 322 g/mol. The Morgan fingerprint density at radius 3 is 3.09 bits per heavy atom. The summed E-state index contributed by atoms with van der Waals surface area (Å²) in [5.41, 5.74) is 1.71. The van der Waals surface area contributed by atoms with E-state index in [1.54, 1.807) is 4.90 Å². The Morgan fingerprint density at radius 2 is 2.36 bits per heavy atom. The molecule has 3 rings (SSSR count). The first-order chi connectivity index (χ1) is 10.6. The summed E-state index contributed by atoms with van der Waals surface area (Å²) in [6.45, 7) is 4.12. The molecule has 7 heteroatoms. The molecular formula is C15H19ClN4O2. The molecule has 2 heterocycles. The van der Waals surface area contributed by atoms with Gasteiger partial charge in [-0.05, 0) is 19.1 Å². The van der Waals surface area contributed by atoms with Crippen molar-refractivity contribution in [1.82, 2.24) is 19.8 Å². The predicted molar refractivity (Wildman–Crippen MR) is 84.9 cm³/mol. The van der Waals surface area contributed by atoms with Crippen molar-refractivity contribution in [2.75, 3.05) is 19.8 Å². The molecule has 0 aliphatic carbocycles. The number of halogens is 1. The summed E-state index contributed by atoms with van der Waals surface area (Å²) in [5.74, 6) is 0.775. The average molecular weight is 323 g/mol. The van der Waals surface area contributed by atoms with Gasteiger partial charge >= 0.3 is 6.03 Å². The number of benzene rings is 1. The lowest BCUT2D eigenvalue weighted by Crippen LogP contribution is -2.51. The number of nitrogens with zero attached hydrogens (tertiary/aromatic N) is 3. The molecule has 1 aromatic heterocycles. The fraction of sp³-hybridized carbons (Fsp3) is 0.467. The Hall–Kier alpha value is -1.79. The molecule has 0 saturated carbocycles.